The van der Waals surface area contributed by atoms with Crippen LogP contribution in [0.25, 0.3) is 0 Å². The summed E-state index contributed by atoms with van der Waals surface area (Å²) in [6, 6.07) is 15.2. The molecule has 0 aromatic heterocycles. The maximum Gasteiger partial charge on any atom is 0.241 e. The van der Waals surface area contributed by atoms with Gasteiger partial charge < -0.3 is 15.0 Å². The van der Waals surface area contributed by atoms with E-state index >= 15 is 0 Å². The van der Waals surface area contributed by atoms with Gasteiger partial charge in [0.1, 0.15) is 0 Å². The molecule has 1 fully saturated rings. The highest BCUT2D eigenvalue weighted by Crippen LogP contribution is 2.23. The van der Waals surface area contributed by atoms with Gasteiger partial charge in [-0.05, 0) is 49.7 Å². The number of amides is 1. The average molecular weight is 388 g/mol. The topological polar surface area (TPSA) is 53.6 Å². The molecule has 2 N–H and O–H groups in total. The summed E-state index contributed by atoms with van der Waals surface area (Å²) in [5.41, 5.74) is 2.92. The van der Waals surface area contributed by atoms with Gasteiger partial charge in [0.25, 0.3) is 0 Å². The molecular weight excluding hydrogens is 362 g/mol. The summed E-state index contributed by atoms with van der Waals surface area (Å²) in [4.78, 5) is 14.8. The van der Waals surface area contributed by atoms with Gasteiger partial charge in [-0.15, -0.1) is 0 Å². The van der Waals surface area contributed by atoms with Crippen LogP contribution in [0, 0.1) is 0 Å². The van der Waals surface area contributed by atoms with E-state index in [9.17, 15) is 4.79 Å². The summed E-state index contributed by atoms with van der Waals surface area (Å²) >= 11 is 6.24. The number of carbonyl (C=O) groups excluding carboxylic acids is 1. The summed E-state index contributed by atoms with van der Waals surface area (Å²) in [6.45, 7) is 7.16. The van der Waals surface area contributed by atoms with Crippen molar-refractivity contribution in [2.45, 2.75) is 25.9 Å². The summed E-state index contributed by atoms with van der Waals surface area (Å²) < 4.78 is 5.38. The molecule has 1 saturated heterocycles. The summed E-state index contributed by atoms with van der Waals surface area (Å²) in [7, 11) is 0. The molecule has 3 rings (SSSR count). The Bertz CT molecular complexity index is 760. The molecule has 0 spiro atoms. The van der Waals surface area contributed by atoms with E-state index in [2.05, 4.69) is 15.5 Å². The van der Waals surface area contributed by atoms with Crippen LogP contribution in [0.1, 0.15) is 25.5 Å². The Morgan fingerprint density at radius 1 is 1.07 bits per heavy atom. The van der Waals surface area contributed by atoms with E-state index in [4.69, 9.17) is 16.3 Å². The fourth-order valence-corrected chi connectivity index (χ4v) is 3.49. The Balaban J connectivity index is 1.55. The number of rotatable bonds is 6. The van der Waals surface area contributed by atoms with Crippen molar-refractivity contribution in [3.05, 3.63) is 59.1 Å². The first-order valence-corrected chi connectivity index (χ1v) is 9.66. The van der Waals surface area contributed by atoms with Crippen molar-refractivity contribution in [1.82, 2.24) is 5.32 Å². The highest BCUT2D eigenvalue weighted by molar-refractivity contribution is 6.31. The SMILES string of the molecule is CC(NC(C)c1ccccc1Cl)C(=O)Nc1ccc(N2CCOCC2)cc1. The van der Waals surface area contributed by atoms with Gasteiger partial charge in [0.15, 0.2) is 0 Å². The quantitative estimate of drug-likeness (QED) is 0.790. The van der Waals surface area contributed by atoms with Gasteiger partial charge in [-0.2, -0.15) is 0 Å². The first kappa shape index (κ1) is 19.7. The zero-order chi connectivity index (χ0) is 19.2. The van der Waals surface area contributed by atoms with Gasteiger partial charge in [-0.25, -0.2) is 0 Å². The number of carbonyl (C=O) groups is 1. The Kier molecular flexibility index (Phi) is 6.72. The van der Waals surface area contributed by atoms with Crippen molar-refractivity contribution in [2.75, 3.05) is 36.5 Å². The molecule has 2 aromatic carbocycles. The van der Waals surface area contributed by atoms with E-state index in [-0.39, 0.29) is 18.0 Å². The van der Waals surface area contributed by atoms with Gasteiger partial charge in [0.05, 0.1) is 19.3 Å². The zero-order valence-corrected chi connectivity index (χ0v) is 16.5. The molecule has 1 aliphatic heterocycles. The van der Waals surface area contributed by atoms with Gasteiger partial charge >= 0.3 is 0 Å². The van der Waals surface area contributed by atoms with Crippen LogP contribution in [0.4, 0.5) is 11.4 Å². The molecule has 5 nitrogen and oxygen atoms in total. The van der Waals surface area contributed by atoms with Crippen molar-refractivity contribution in [2.24, 2.45) is 0 Å². The third-order valence-electron chi connectivity index (χ3n) is 4.78. The number of ether oxygens (including phenoxy) is 1. The molecule has 0 bridgehead atoms. The fourth-order valence-electron chi connectivity index (χ4n) is 3.19. The van der Waals surface area contributed by atoms with Crippen molar-refractivity contribution in [1.29, 1.82) is 0 Å². The lowest BCUT2D eigenvalue weighted by molar-refractivity contribution is -0.117. The molecule has 1 amide bonds. The number of halogens is 1. The van der Waals surface area contributed by atoms with Crippen molar-refractivity contribution in [3.8, 4) is 0 Å². The monoisotopic (exact) mass is 387 g/mol. The minimum Gasteiger partial charge on any atom is -0.378 e. The third kappa shape index (κ3) is 5.22. The van der Waals surface area contributed by atoms with Gasteiger partial charge in [-0.3, -0.25) is 10.1 Å². The molecule has 144 valence electrons. The fraction of sp³-hybridized carbons (Fsp3) is 0.381. The number of hydrogen-bond donors (Lipinski definition) is 2. The molecule has 2 unspecified atom stereocenters. The molecule has 6 heteroatoms. The summed E-state index contributed by atoms with van der Waals surface area (Å²) in [5, 5.41) is 6.97. The maximum absolute atomic E-state index is 12.5. The Morgan fingerprint density at radius 3 is 2.41 bits per heavy atom. The molecular formula is C21H26ClN3O2. The number of morpholine rings is 1. The second kappa shape index (κ2) is 9.22. The highest BCUT2D eigenvalue weighted by Gasteiger charge is 2.18. The van der Waals surface area contributed by atoms with Crippen LogP contribution < -0.4 is 15.5 Å². The summed E-state index contributed by atoms with van der Waals surface area (Å²) in [6.07, 6.45) is 0. The number of anilines is 2. The normalized spacial score (nSPS) is 16.6. The maximum atomic E-state index is 12.5. The van der Waals surface area contributed by atoms with E-state index in [0.717, 1.165) is 43.2 Å². The number of hydrogen-bond acceptors (Lipinski definition) is 4. The third-order valence-corrected chi connectivity index (χ3v) is 5.12. The first-order valence-electron chi connectivity index (χ1n) is 9.28. The van der Waals surface area contributed by atoms with Crippen molar-refractivity contribution in [3.63, 3.8) is 0 Å². The molecule has 0 radical (unpaired) electrons. The summed E-state index contributed by atoms with van der Waals surface area (Å²) in [5.74, 6) is -0.0759. The standard InChI is InChI=1S/C21H26ClN3O2/c1-15(19-5-3-4-6-20(19)22)23-16(2)21(26)24-17-7-9-18(10-8-17)25-11-13-27-14-12-25/h3-10,15-16,23H,11-14H2,1-2H3,(H,24,26). The van der Waals surface area contributed by atoms with Crippen LogP contribution >= 0.6 is 11.6 Å². The average Bonchev–Trinajstić information content (AvgIpc) is 2.69. The van der Waals surface area contributed by atoms with Crippen LogP contribution in [-0.2, 0) is 9.53 Å². The minimum absolute atomic E-state index is 0.0249. The molecule has 0 aliphatic carbocycles. The van der Waals surface area contributed by atoms with Crippen LogP contribution in [0.15, 0.2) is 48.5 Å². The van der Waals surface area contributed by atoms with Crippen LogP contribution in [0.2, 0.25) is 5.02 Å². The Hall–Kier alpha value is -2.08. The smallest absolute Gasteiger partial charge is 0.241 e. The Labute approximate surface area is 165 Å². The second-order valence-corrected chi connectivity index (χ2v) is 7.17. The highest BCUT2D eigenvalue weighted by atomic mass is 35.5. The molecule has 1 heterocycles. The second-order valence-electron chi connectivity index (χ2n) is 6.77. The lowest BCUT2D eigenvalue weighted by Crippen LogP contribution is -2.39. The largest absolute Gasteiger partial charge is 0.378 e. The number of nitrogens with one attached hydrogen (secondary N) is 2. The van der Waals surface area contributed by atoms with E-state index in [1.807, 2.05) is 62.4 Å². The predicted molar refractivity (Wildman–Crippen MR) is 111 cm³/mol. The van der Waals surface area contributed by atoms with Crippen LogP contribution in [0.3, 0.4) is 0 Å². The van der Waals surface area contributed by atoms with Crippen molar-refractivity contribution >= 4 is 28.9 Å². The molecule has 1 aliphatic rings. The molecule has 27 heavy (non-hydrogen) atoms. The van der Waals surface area contributed by atoms with Crippen molar-refractivity contribution < 1.29 is 9.53 Å². The lowest BCUT2D eigenvalue weighted by atomic mass is 10.1. The van der Waals surface area contributed by atoms with Gasteiger partial charge in [0, 0.05) is 35.5 Å². The van der Waals surface area contributed by atoms with E-state index < -0.39 is 0 Å². The molecule has 0 saturated carbocycles. The van der Waals surface area contributed by atoms with E-state index in [0.29, 0.717) is 5.02 Å². The Morgan fingerprint density at radius 2 is 1.74 bits per heavy atom. The van der Waals surface area contributed by atoms with Crippen LogP contribution in [0.5, 0.6) is 0 Å². The number of benzene rings is 2. The van der Waals surface area contributed by atoms with E-state index in [1.165, 1.54) is 0 Å². The molecule has 2 aromatic rings. The van der Waals surface area contributed by atoms with Gasteiger partial charge in [0.2, 0.25) is 5.91 Å². The minimum atomic E-state index is -0.352. The number of nitrogens with zero attached hydrogens (tertiary/aromatic N) is 1. The predicted octanol–water partition coefficient (Wildman–Crippen LogP) is 3.85. The molecule has 2 atom stereocenters. The van der Waals surface area contributed by atoms with Gasteiger partial charge in [-0.1, -0.05) is 29.8 Å². The zero-order valence-electron chi connectivity index (χ0n) is 15.7. The van der Waals surface area contributed by atoms with Crippen LogP contribution in [-0.4, -0.2) is 38.3 Å². The first-order chi connectivity index (χ1) is 13.0. The van der Waals surface area contributed by atoms with E-state index in [1.54, 1.807) is 0 Å². The lowest BCUT2D eigenvalue weighted by Gasteiger charge is -2.29.